The quantitative estimate of drug-likeness (QED) is 0.627. The van der Waals surface area contributed by atoms with Crippen LogP contribution in [0.1, 0.15) is 32.3 Å². The van der Waals surface area contributed by atoms with Gasteiger partial charge in [0.1, 0.15) is 6.04 Å². The maximum atomic E-state index is 12.5. The summed E-state index contributed by atoms with van der Waals surface area (Å²) < 4.78 is 0. The molecule has 2 heterocycles. The van der Waals surface area contributed by atoms with Crippen molar-refractivity contribution >= 4 is 11.8 Å². The Kier molecular flexibility index (Phi) is 2.62. The summed E-state index contributed by atoms with van der Waals surface area (Å²) in [6, 6.07) is 17.6. The summed E-state index contributed by atoms with van der Waals surface area (Å²) in [7, 11) is 0. The van der Waals surface area contributed by atoms with E-state index in [1.54, 1.807) is 29.3 Å². The summed E-state index contributed by atoms with van der Waals surface area (Å²) >= 11 is 0. The summed E-state index contributed by atoms with van der Waals surface area (Å²) in [5.74, 6) is -0.724. The molecule has 22 heavy (non-hydrogen) atoms. The van der Waals surface area contributed by atoms with E-state index in [-0.39, 0.29) is 17.9 Å². The lowest BCUT2D eigenvalue weighted by atomic mass is 10.1. The zero-order valence-corrected chi connectivity index (χ0v) is 11.5. The Hall–Kier alpha value is -2.97. The number of benzene rings is 2. The Morgan fingerprint density at radius 3 is 1.95 bits per heavy atom. The monoisotopic (exact) mass is 289 g/mol. The number of hydrogen-bond donors (Lipinski definition) is 0. The predicted molar refractivity (Wildman–Crippen MR) is 77.4 cm³/mol. The van der Waals surface area contributed by atoms with Gasteiger partial charge in [0.05, 0.1) is 23.2 Å². The van der Waals surface area contributed by atoms with E-state index in [0.29, 0.717) is 11.1 Å². The van der Waals surface area contributed by atoms with E-state index >= 15 is 0 Å². The Bertz CT molecular complexity index is 790. The molecule has 1 fully saturated rings. The maximum absolute atomic E-state index is 12.5. The van der Waals surface area contributed by atoms with Gasteiger partial charge < -0.3 is 0 Å². The number of fused-ring (bicyclic) bond motifs is 1. The van der Waals surface area contributed by atoms with Crippen LogP contribution in [0.3, 0.4) is 0 Å². The second-order valence-corrected chi connectivity index (χ2v) is 5.28. The topological polar surface area (TPSA) is 64.2 Å². The first-order chi connectivity index (χ1) is 10.7. The molecule has 0 aromatic heterocycles. The van der Waals surface area contributed by atoms with E-state index in [1.807, 2.05) is 30.3 Å². The number of hydrazine groups is 1. The van der Waals surface area contributed by atoms with Gasteiger partial charge in [0.25, 0.3) is 11.8 Å². The van der Waals surface area contributed by atoms with Crippen LogP contribution in [0.4, 0.5) is 0 Å². The fourth-order valence-corrected chi connectivity index (χ4v) is 2.97. The van der Waals surface area contributed by atoms with Crippen LogP contribution in [0.15, 0.2) is 54.6 Å². The summed E-state index contributed by atoms with van der Waals surface area (Å²) in [4.78, 5) is 25.0. The van der Waals surface area contributed by atoms with Gasteiger partial charge in [-0.25, -0.2) is 0 Å². The molecule has 2 aliphatic heterocycles. The zero-order chi connectivity index (χ0) is 15.3. The minimum absolute atomic E-state index is 0.256. The largest absolute Gasteiger partial charge is 0.276 e. The minimum atomic E-state index is -0.496. The van der Waals surface area contributed by atoms with Gasteiger partial charge in [0, 0.05) is 0 Å². The molecule has 5 heteroatoms. The molecule has 0 N–H and O–H groups in total. The van der Waals surface area contributed by atoms with Gasteiger partial charge in [-0.3, -0.25) is 9.59 Å². The average molecular weight is 289 g/mol. The predicted octanol–water partition coefficient (Wildman–Crippen LogP) is 2.15. The summed E-state index contributed by atoms with van der Waals surface area (Å²) in [6.45, 7) is 0. The molecule has 0 spiro atoms. The first-order valence-electron chi connectivity index (χ1n) is 6.94. The summed E-state index contributed by atoms with van der Waals surface area (Å²) in [6.07, 6.45) is 0. The van der Waals surface area contributed by atoms with Gasteiger partial charge in [-0.05, 0) is 17.7 Å². The van der Waals surface area contributed by atoms with Gasteiger partial charge in [0.2, 0.25) is 0 Å². The van der Waals surface area contributed by atoms with Gasteiger partial charge in [-0.15, -0.1) is 0 Å². The van der Waals surface area contributed by atoms with Crippen LogP contribution in [0.5, 0.6) is 0 Å². The lowest BCUT2D eigenvalue weighted by molar-refractivity contribution is 0.0355. The van der Waals surface area contributed by atoms with Crippen LogP contribution >= 0.6 is 0 Å². The summed E-state index contributed by atoms with van der Waals surface area (Å²) in [5.41, 5.74) is 1.71. The SMILES string of the molecule is N#C[C@H]1[C@H](c2ccccc2)N1N1C(=O)c2ccccc2C1=O. The highest BCUT2D eigenvalue weighted by molar-refractivity contribution is 6.21. The molecule has 0 aliphatic carbocycles. The number of amides is 2. The third-order valence-electron chi connectivity index (χ3n) is 4.06. The highest BCUT2D eigenvalue weighted by Crippen LogP contribution is 2.46. The second-order valence-electron chi connectivity index (χ2n) is 5.28. The van der Waals surface area contributed by atoms with Crippen molar-refractivity contribution < 1.29 is 9.59 Å². The molecule has 0 bridgehead atoms. The van der Waals surface area contributed by atoms with Crippen LogP contribution in [0.2, 0.25) is 0 Å². The van der Waals surface area contributed by atoms with Gasteiger partial charge >= 0.3 is 0 Å². The molecule has 1 saturated heterocycles. The third kappa shape index (κ3) is 1.62. The molecule has 3 atom stereocenters. The lowest BCUT2D eigenvalue weighted by Crippen LogP contribution is -2.36. The Balaban J connectivity index is 1.71. The van der Waals surface area contributed by atoms with E-state index in [0.717, 1.165) is 10.6 Å². The molecule has 2 aromatic rings. The van der Waals surface area contributed by atoms with Crippen molar-refractivity contribution in [3.8, 4) is 6.07 Å². The molecule has 1 unspecified atom stereocenters. The highest BCUT2D eigenvalue weighted by atomic mass is 16.2. The van der Waals surface area contributed by atoms with Crippen molar-refractivity contribution in [1.29, 1.82) is 5.26 Å². The first-order valence-corrected chi connectivity index (χ1v) is 6.94. The van der Waals surface area contributed by atoms with Crippen molar-refractivity contribution in [2.24, 2.45) is 0 Å². The fraction of sp³-hybridized carbons (Fsp3) is 0.118. The van der Waals surface area contributed by atoms with Crippen molar-refractivity contribution in [2.75, 3.05) is 0 Å². The van der Waals surface area contributed by atoms with Crippen molar-refractivity contribution in [3.05, 3.63) is 71.3 Å². The number of rotatable bonds is 2. The standard InChI is InChI=1S/C17H11N3O2/c18-10-14-15(11-6-2-1-3-7-11)19(14)20-16(21)12-8-4-5-9-13(12)17(20)22/h1-9,14-15H/t14-,15-,19?/m0/s1. The molecule has 5 nitrogen and oxygen atoms in total. The Labute approximate surface area is 127 Å². The zero-order valence-electron chi connectivity index (χ0n) is 11.5. The van der Waals surface area contributed by atoms with E-state index in [1.165, 1.54) is 0 Å². The van der Waals surface area contributed by atoms with E-state index in [2.05, 4.69) is 6.07 Å². The van der Waals surface area contributed by atoms with Crippen LogP contribution in [-0.2, 0) is 0 Å². The number of hydrogen-bond acceptors (Lipinski definition) is 4. The van der Waals surface area contributed by atoms with Crippen molar-refractivity contribution in [3.63, 3.8) is 0 Å². The Morgan fingerprint density at radius 2 is 1.41 bits per heavy atom. The maximum Gasteiger partial charge on any atom is 0.276 e. The van der Waals surface area contributed by atoms with Crippen molar-refractivity contribution in [1.82, 2.24) is 10.0 Å². The Morgan fingerprint density at radius 1 is 0.864 bits per heavy atom. The minimum Gasteiger partial charge on any atom is -0.267 e. The van der Waals surface area contributed by atoms with Gasteiger partial charge in [-0.1, -0.05) is 42.5 Å². The number of carbonyl (C=O) groups is 2. The molecule has 0 radical (unpaired) electrons. The van der Waals surface area contributed by atoms with E-state index < -0.39 is 6.04 Å². The smallest absolute Gasteiger partial charge is 0.267 e. The van der Waals surface area contributed by atoms with Gasteiger partial charge in [-0.2, -0.15) is 15.3 Å². The van der Waals surface area contributed by atoms with Gasteiger partial charge in [0.15, 0.2) is 0 Å². The number of nitriles is 1. The lowest BCUT2D eigenvalue weighted by Gasteiger charge is -2.15. The molecule has 2 amide bonds. The number of carbonyl (C=O) groups excluding carboxylic acids is 2. The molecule has 0 saturated carbocycles. The molecule has 2 aromatic carbocycles. The molecular formula is C17H11N3O2. The third-order valence-corrected chi connectivity index (χ3v) is 4.06. The molecule has 106 valence electrons. The number of nitrogens with zero attached hydrogens (tertiary/aromatic N) is 3. The second kappa shape index (κ2) is 4.52. The molecular weight excluding hydrogens is 278 g/mol. The fourth-order valence-electron chi connectivity index (χ4n) is 2.97. The normalized spacial score (nSPS) is 25.8. The van der Waals surface area contributed by atoms with Crippen molar-refractivity contribution in [2.45, 2.75) is 12.1 Å². The van der Waals surface area contributed by atoms with Crippen LogP contribution in [-0.4, -0.2) is 27.9 Å². The molecule has 4 rings (SSSR count). The summed E-state index contributed by atoms with van der Waals surface area (Å²) in [5, 5.41) is 12.0. The van der Waals surface area contributed by atoms with E-state index in [4.69, 9.17) is 0 Å². The first kappa shape index (κ1) is 12.7. The van der Waals surface area contributed by atoms with Crippen LogP contribution < -0.4 is 0 Å². The highest BCUT2D eigenvalue weighted by Gasteiger charge is 2.58. The van der Waals surface area contributed by atoms with Crippen LogP contribution in [0.25, 0.3) is 0 Å². The van der Waals surface area contributed by atoms with E-state index in [9.17, 15) is 14.9 Å². The van der Waals surface area contributed by atoms with Crippen LogP contribution in [0, 0.1) is 11.3 Å². The molecule has 2 aliphatic rings. The number of imide groups is 1. The average Bonchev–Trinajstić information content (AvgIpc) is 3.23.